The minimum absolute atomic E-state index is 0.0555. The van der Waals surface area contributed by atoms with Crippen molar-refractivity contribution in [1.29, 1.82) is 0 Å². The zero-order valence-electron chi connectivity index (χ0n) is 14.1. The Morgan fingerprint density at radius 1 is 1.40 bits per heavy atom. The highest BCUT2D eigenvalue weighted by molar-refractivity contribution is 5.92. The molecule has 1 spiro atoms. The van der Waals surface area contributed by atoms with Gasteiger partial charge in [-0.25, -0.2) is 0 Å². The fraction of sp³-hybridized carbons (Fsp3) is 0.444. The average Bonchev–Trinajstić information content (AvgIpc) is 3.20. The molecule has 1 atom stereocenters. The predicted octanol–water partition coefficient (Wildman–Crippen LogP) is 1.66. The Bertz CT molecular complexity index is 794. The van der Waals surface area contributed by atoms with Gasteiger partial charge < -0.3 is 14.7 Å². The molecule has 7 nitrogen and oxygen atoms in total. The Morgan fingerprint density at radius 3 is 2.84 bits per heavy atom. The molecule has 4 rings (SSSR count). The Kier molecular flexibility index (Phi) is 3.78. The number of nitrogens with one attached hydrogen (secondary N) is 1. The van der Waals surface area contributed by atoms with Gasteiger partial charge in [-0.1, -0.05) is 11.2 Å². The third kappa shape index (κ3) is 2.90. The summed E-state index contributed by atoms with van der Waals surface area (Å²) in [5, 5.41) is 6.98. The minimum Gasteiger partial charge on any atom is -0.361 e. The number of piperidine rings is 1. The molecule has 2 fully saturated rings. The lowest BCUT2D eigenvalue weighted by atomic mass is 9.82. The van der Waals surface area contributed by atoms with Crippen LogP contribution >= 0.6 is 0 Å². The maximum absolute atomic E-state index is 12.5. The average molecular weight is 340 g/mol. The second kappa shape index (κ2) is 5.98. The number of likely N-dealkylation sites (tertiary alicyclic amines) is 1. The summed E-state index contributed by atoms with van der Waals surface area (Å²) in [6, 6.07) is 5.46. The van der Waals surface area contributed by atoms with Crippen molar-refractivity contribution in [3.05, 3.63) is 47.6 Å². The fourth-order valence-corrected chi connectivity index (χ4v) is 3.83. The molecule has 2 aromatic heterocycles. The van der Waals surface area contributed by atoms with Crippen molar-refractivity contribution < 1.29 is 14.1 Å². The van der Waals surface area contributed by atoms with Gasteiger partial charge in [0.2, 0.25) is 5.91 Å². The number of carbonyl (C=O) groups excluding carboxylic acids is 2. The molecule has 130 valence electrons. The van der Waals surface area contributed by atoms with E-state index in [9.17, 15) is 9.59 Å². The van der Waals surface area contributed by atoms with Crippen LogP contribution in [0, 0.1) is 6.92 Å². The first kappa shape index (κ1) is 15.8. The molecule has 4 heterocycles. The van der Waals surface area contributed by atoms with Gasteiger partial charge in [0.1, 0.15) is 5.76 Å². The first-order valence-electron chi connectivity index (χ1n) is 8.51. The summed E-state index contributed by atoms with van der Waals surface area (Å²) in [5.41, 5.74) is 1.07. The lowest BCUT2D eigenvalue weighted by molar-refractivity contribution is -0.121. The summed E-state index contributed by atoms with van der Waals surface area (Å²) in [6.07, 6.45) is 5.72. The van der Waals surface area contributed by atoms with Gasteiger partial charge in [-0.15, -0.1) is 0 Å². The molecular weight excluding hydrogens is 320 g/mol. The first-order valence-corrected chi connectivity index (χ1v) is 8.51. The van der Waals surface area contributed by atoms with Crippen molar-refractivity contribution in [1.82, 2.24) is 20.4 Å². The zero-order chi connectivity index (χ0) is 17.4. The number of carbonyl (C=O) groups is 2. The summed E-state index contributed by atoms with van der Waals surface area (Å²) < 4.78 is 4.99. The molecule has 1 N–H and O–H groups in total. The lowest BCUT2D eigenvalue weighted by Crippen LogP contribution is -2.52. The van der Waals surface area contributed by atoms with Crippen molar-refractivity contribution in [3.8, 4) is 0 Å². The minimum atomic E-state index is -0.228. The Morgan fingerprint density at radius 2 is 2.20 bits per heavy atom. The van der Waals surface area contributed by atoms with Crippen LogP contribution in [-0.4, -0.2) is 45.5 Å². The standard InChI is InChI=1S/C18H20N4O3/c1-12-9-15(21-25-12)17(24)22-7-4-18(5-8-22)10-14(16(23)20-18)13-3-2-6-19-11-13/h2-3,6,9,11,14H,4-5,7-8,10H2,1H3,(H,20,23). The molecule has 2 saturated heterocycles. The van der Waals surface area contributed by atoms with Gasteiger partial charge in [0.25, 0.3) is 5.91 Å². The highest BCUT2D eigenvalue weighted by Crippen LogP contribution is 2.39. The Hall–Kier alpha value is -2.70. The number of aryl methyl sites for hydroxylation is 1. The SMILES string of the molecule is Cc1cc(C(=O)N2CCC3(CC2)CC(c2cccnc2)C(=O)N3)no1. The molecule has 2 aromatic rings. The molecule has 2 aliphatic heterocycles. The van der Waals surface area contributed by atoms with Crippen LogP contribution in [0.5, 0.6) is 0 Å². The van der Waals surface area contributed by atoms with Gasteiger partial charge >= 0.3 is 0 Å². The molecule has 0 aliphatic carbocycles. The summed E-state index contributed by atoms with van der Waals surface area (Å²) in [7, 11) is 0. The second-order valence-corrected chi connectivity index (χ2v) is 6.93. The maximum Gasteiger partial charge on any atom is 0.276 e. The fourth-order valence-electron chi connectivity index (χ4n) is 3.83. The van der Waals surface area contributed by atoms with Crippen LogP contribution in [0.4, 0.5) is 0 Å². The van der Waals surface area contributed by atoms with Crippen LogP contribution in [0.3, 0.4) is 0 Å². The number of rotatable bonds is 2. The van der Waals surface area contributed by atoms with E-state index in [0.29, 0.717) is 24.5 Å². The van der Waals surface area contributed by atoms with Crippen LogP contribution in [-0.2, 0) is 4.79 Å². The molecule has 2 aliphatic rings. The number of hydrogen-bond acceptors (Lipinski definition) is 5. The maximum atomic E-state index is 12.5. The molecule has 0 saturated carbocycles. The van der Waals surface area contributed by atoms with Crippen LogP contribution < -0.4 is 5.32 Å². The molecule has 1 unspecified atom stereocenters. The molecule has 0 bridgehead atoms. The number of amides is 2. The normalized spacial score (nSPS) is 22.2. The largest absolute Gasteiger partial charge is 0.361 e. The molecule has 0 aromatic carbocycles. The van der Waals surface area contributed by atoms with Crippen LogP contribution in [0.2, 0.25) is 0 Å². The van der Waals surface area contributed by atoms with Gasteiger partial charge in [0.05, 0.1) is 5.92 Å². The summed E-state index contributed by atoms with van der Waals surface area (Å²) >= 11 is 0. The topological polar surface area (TPSA) is 88.3 Å². The van der Waals surface area contributed by atoms with E-state index in [2.05, 4.69) is 15.5 Å². The van der Waals surface area contributed by atoms with Gasteiger partial charge in [-0.2, -0.15) is 0 Å². The summed E-state index contributed by atoms with van der Waals surface area (Å²) in [4.78, 5) is 30.8. The van der Waals surface area contributed by atoms with Gasteiger partial charge in [0.15, 0.2) is 5.69 Å². The van der Waals surface area contributed by atoms with Crippen molar-refractivity contribution >= 4 is 11.8 Å². The molecule has 0 radical (unpaired) electrons. The quantitative estimate of drug-likeness (QED) is 0.898. The van der Waals surface area contributed by atoms with E-state index in [-0.39, 0.29) is 23.3 Å². The number of pyridine rings is 1. The van der Waals surface area contributed by atoms with Crippen LogP contribution in [0.25, 0.3) is 0 Å². The van der Waals surface area contributed by atoms with Gasteiger partial charge in [-0.3, -0.25) is 14.6 Å². The number of hydrogen-bond donors (Lipinski definition) is 1. The monoisotopic (exact) mass is 340 g/mol. The summed E-state index contributed by atoms with van der Waals surface area (Å²) in [6.45, 7) is 2.97. The van der Waals surface area contributed by atoms with Crippen molar-refractivity contribution in [3.63, 3.8) is 0 Å². The molecule has 2 amide bonds. The van der Waals surface area contributed by atoms with E-state index in [1.165, 1.54) is 0 Å². The van der Waals surface area contributed by atoms with E-state index in [4.69, 9.17) is 4.52 Å². The third-order valence-electron chi connectivity index (χ3n) is 5.24. The number of aromatic nitrogens is 2. The van der Waals surface area contributed by atoms with Gasteiger partial charge in [0, 0.05) is 37.1 Å². The van der Waals surface area contributed by atoms with E-state index < -0.39 is 0 Å². The van der Waals surface area contributed by atoms with Crippen molar-refractivity contribution in [2.45, 2.75) is 37.6 Å². The molecular formula is C18H20N4O3. The van der Waals surface area contributed by atoms with Crippen molar-refractivity contribution in [2.24, 2.45) is 0 Å². The molecule has 25 heavy (non-hydrogen) atoms. The predicted molar refractivity (Wildman–Crippen MR) is 88.8 cm³/mol. The zero-order valence-corrected chi connectivity index (χ0v) is 14.1. The van der Waals surface area contributed by atoms with E-state index in [0.717, 1.165) is 24.8 Å². The summed E-state index contributed by atoms with van der Waals surface area (Å²) in [5.74, 6) is 0.410. The number of nitrogens with zero attached hydrogens (tertiary/aromatic N) is 3. The van der Waals surface area contributed by atoms with Crippen LogP contribution in [0.15, 0.2) is 35.1 Å². The Labute approximate surface area is 145 Å². The molecule has 7 heteroatoms. The third-order valence-corrected chi connectivity index (χ3v) is 5.24. The first-order chi connectivity index (χ1) is 12.1. The van der Waals surface area contributed by atoms with Crippen LogP contribution in [0.1, 0.15) is 47.0 Å². The second-order valence-electron chi connectivity index (χ2n) is 6.93. The highest BCUT2D eigenvalue weighted by atomic mass is 16.5. The van der Waals surface area contributed by atoms with E-state index in [1.54, 1.807) is 30.3 Å². The lowest BCUT2D eigenvalue weighted by Gasteiger charge is -2.39. The van der Waals surface area contributed by atoms with E-state index >= 15 is 0 Å². The van der Waals surface area contributed by atoms with E-state index in [1.807, 2.05) is 12.1 Å². The van der Waals surface area contributed by atoms with Gasteiger partial charge in [-0.05, 0) is 37.8 Å². The highest BCUT2D eigenvalue weighted by Gasteiger charge is 2.46. The smallest absolute Gasteiger partial charge is 0.276 e. The van der Waals surface area contributed by atoms with Crippen molar-refractivity contribution in [2.75, 3.05) is 13.1 Å². The Balaban J connectivity index is 1.43.